The smallest absolute Gasteiger partial charge is 0.147 e. The Morgan fingerprint density at radius 1 is 1.25 bits per heavy atom. The van der Waals surface area contributed by atoms with E-state index in [0.29, 0.717) is 11.2 Å². The fourth-order valence-corrected chi connectivity index (χ4v) is 3.88. The number of nitrogen functional groups attached to an aromatic ring is 1. The van der Waals surface area contributed by atoms with Gasteiger partial charge >= 0.3 is 0 Å². The lowest BCUT2D eigenvalue weighted by atomic mass is 10.0. The van der Waals surface area contributed by atoms with E-state index in [1.54, 1.807) is 0 Å². The summed E-state index contributed by atoms with van der Waals surface area (Å²) in [5.41, 5.74) is 8.87. The van der Waals surface area contributed by atoms with Crippen molar-refractivity contribution in [2.24, 2.45) is 11.3 Å². The highest BCUT2D eigenvalue weighted by Crippen LogP contribution is 2.61. The molecular weight excluding hydrogens is 266 g/mol. The normalized spacial score (nSPS) is 19.8. The molecule has 3 nitrogen and oxygen atoms in total. The number of rotatable bonds is 5. The summed E-state index contributed by atoms with van der Waals surface area (Å²) in [4.78, 5) is 0. The first-order chi connectivity index (χ1) is 9.78. The molecule has 104 valence electrons. The summed E-state index contributed by atoms with van der Waals surface area (Å²) in [5.74, 6) is 1.61. The maximum atomic E-state index is 6.06. The molecule has 1 aromatic carbocycles. The van der Waals surface area contributed by atoms with Crippen LogP contribution >= 0.6 is 11.5 Å². The Kier molecular flexibility index (Phi) is 2.74. The molecule has 1 heterocycles. The Labute approximate surface area is 123 Å². The second-order valence-electron chi connectivity index (χ2n) is 6.13. The lowest BCUT2D eigenvalue weighted by molar-refractivity contribution is 0.467. The van der Waals surface area contributed by atoms with Gasteiger partial charge in [-0.2, -0.15) is 4.37 Å². The number of nitrogens with two attached hydrogens (primary N) is 1. The van der Waals surface area contributed by atoms with Crippen molar-refractivity contribution in [2.75, 3.05) is 17.6 Å². The molecule has 0 spiro atoms. The Balaban J connectivity index is 1.56. The molecule has 0 radical (unpaired) electrons. The van der Waals surface area contributed by atoms with Crippen molar-refractivity contribution in [1.29, 1.82) is 0 Å². The van der Waals surface area contributed by atoms with Crippen LogP contribution in [0.25, 0.3) is 11.1 Å². The topological polar surface area (TPSA) is 50.9 Å². The van der Waals surface area contributed by atoms with Crippen LogP contribution < -0.4 is 11.1 Å². The molecule has 0 unspecified atom stereocenters. The summed E-state index contributed by atoms with van der Waals surface area (Å²) in [6.07, 6.45) is 5.63. The van der Waals surface area contributed by atoms with Crippen molar-refractivity contribution in [3.8, 4) is 11.1 Å². The quantitative estimate of drug-likeness (QED) is 0.873. The Hall–Kier alpha value is -1.55. The van der Waals surface area contributed by atoms with E-state index in [4.69, 9.17) is 5.73 Å². The van der Waals surface area contributed by atoms with Crippen LogP contribution in [-0.2, 0) is 0 Å². The average Bonchev–Trinajstić information content (AvgIpc) is 3.36. The first-order valence-corrected chi connectivity index (χ1v) is 8.10. The second kappa shape index (κ2) is 4.48. The molecule has 2 saturated carbocycles. The zero-order valence-corrected chi connectivity index (χ0v) is 12.2. The third-order valence-corrected chi connectivity index (χ3v) is 5.54. The first-order valence-electron chi connectivity index (χ1n) is 7.33. The van der Waals surface area contributed by atoms with Gasteiger partial charge in [0.15, 0.2) is 0 Å². The van der Waals surface area contributed by atoms with Crippen LogP contribution in [0, 0.1) is 11.3 Å². The number of hydrogen-bond donors (Lipinski definition) is 2. The van der Waals surface area contributed by atoms with Crippen molar-refractivity contribution >= 4 is 22.4 Å². The van der Waals surface area contributed by atoms with Crippen molar-refractivity contribution in [1.82, 2.24) is 4.37 Å². The van der Waals surface area contributed by atoms with Crippen molar-refractivity contribution < 1.29 is 0 Å². The minimum absolute atomic E-state index is 0.590. The highest BCUT2D eigenvalue weighted by Gasteiger charge is 2.53. The van der Waals surface area contributed by atoms with Crippen molar-refractivity contribution in [3.05, 3.63) is 30.3 Å². The van der Waals surface area contributed by atoms with Crippen LogP contribution in [0.3, 0.4) is 0 Å². The summed E-state index contributed by atoms with van der Waals surface area (Å²) in [7, 11) is 0. The molecule has 0 bridgehead atoms. The minimum Gasteiger partial charge on any atom is -0.382 e. The van der Waals surface area contributed by atoms with Crippen LogP contribution in [-0.4, -0.2) is 10.9 Å². The number of benzene rings is 1. The highest BCUT2D eigenvalue weighted by atomic mass is 32.1. The van der Waals surface area contributed by atoms with Gasteiger partial charge in [0.05, 0.1) is 5.56 Å². The van der Waals surface area contributed by atoms with Crippen LogP contribution in [0.1, 0.15) is 25.7 Å². The van der Waals surface area contributed by atoms with Gasteiger partial charge in [-0.05, 0) is 54.1 Å². The molecule has 0 amide bonds. The van der Waals surface area contributed by atoms with E-state index >= 15 is 0 Å². The van der Waals surface area contributed by atoms with Gasteiger partial charge in [-0.25, -0.2) is 0 Å². The monoisotopic (exact) mass is 285 g/mol. The maximum Gasteiger partial charge on any atom is 0.147 e. The molecular formula is C16H19N3S. The fraction of sp³-hybridized carbons (Fsp3) is 0.438. The Bertz CT molecular complexity index is 612. The highest BCUT2D eigenvalue weighted by molar-refractivity contribution is 7.11. The molecule has 0 atom stereocenters. The molecule has 3 N–H and O–H groups in total. The van der Waals surface area contributed by atoms with Gasteiger partial charge < -0.3 is 11.1 Å². The van der Waals surface area contributed by atoms with E-state index in [9.17, 15) is 0 Å². The molecule has 2 aliphatic carbocycles. The van der Waals surface area contributed by atoms with Crippen LogP contribution in [0.2, 0.25) is 0 Å². The number of anilines is 2. The molecule has 4 rings (SSSR count). The van der Waals surface area contributed by atoms with E-state index in [-0.39, 0.29) is 0 Å². The predicted molar refractivity (Wildman–Crippen MR) is 84.8 cm³/mol. The Morgan fingerprint density at radius 3 is 2.65 bits per heavy atom. The zero-order chi connectivity index (χ0) is 13.6. The molecule has 2 aromatic rings. The third kappa shape index (κ3) is 2.08. The average molecular weight is 285 g/mol. The number of hydrogen-bond acceptors (Lipinski definition) is 4. The van der Waals surface area contributed by atoms with Gasteiger partial charge in [-0.15, -0.1) is 0 Å². The Morgan fingerprint density at radius 2 is 2.00 bits per heavy atom. The lowest BCUT2D eigenvalue weighted by Crippen LogP contribution is -2.17. The second-order valence-corrected chi connectivity index (χ2v) is 6.90. The molecule has 1 aromatic heterocycles. The molecule has 0 saturated heterocycles. The van der Waals surface area contributed by atoms with Crippen LogP contribution in [0.4, 0.5) is 10.8 Å². The summed E-state index contributed by atoms with van der Waals surface area (Å²) < 4.78 is 4.33. The van der Waals surface area contributed by atoms with Gasteiger partial charge in [0.2, 0.25) is 0 Å². The molecule has 2 aliphatic rings. The predicted octanol–water partition coefficient (Wildman–Crippen LogP) is 3.99. The molecule has 20 heavy (non-hydrogen) atoms. The summed E-state index contributed by atoms with van der Waals surface area (Å²) in [6, 6.07) is 10.3. The van der Waals surface area contributed by atoms with Crippen molar-refractivity contribution in [3.63, 3.8) is 0 Å². The van der Waals surface area contributed by atoms with E-state index in [1.165, 1.54) is 37.2 Å². The third-order valence-electron chi connectivity index (χ3n) is 4.72. The maximum absolute atomic E-state index is 6.06. The van der Waals surface area contributed by atoms with Gasteiger partial charge in [-0.3, -0.25) is 0 Å². The van der Waals surface area contributed by atoms with E-state index in [1.807, 2.05) is 18.2 Å². The molecule has 0 aliphatic heterocycles. The lowest BCUT2D eigenvalue weighted by Gasteiger charge is -2.15. The number of nitrogens with zero attached hydrogens (tertiary/aromatic N) is 1. The van der Waals surface area contributed by atoms with Crippen LogP contribution in [0.15, 0.2) is 30.3 Å². The first kappa shape index (κ1) is 12.2. The zero-order valence-electron chi connectivity index (χ0n) is 11.4. The van der Waals surface area contributed by atoms with Crippen LogP contribution in [0.5, 0.6) is 0 Å². The van der Waals surface area contributed by atoms with Crippen molar-refractivity contribution in [2.45, 2.75) is 25.7 Å². The standard InChI is InChI=1S/C16H19N3S/c17-14-13(11-4-2-1-3-5-11)15(20-19-14)18-10-16(8-9-16)12-6-7-12/h1-5,12,18H,6-10H2,(H2,17,19). The summed E-state index contributed by atoms with van der Waals surface area (Å²) >= 11 is 1.49. The van der Waals surface area contributed by atoms with E-state index in [0.717, 1.165) is 28.6 Å². The van der Waals surface area contributed by atoms with Gasteiger partial charge in [0.1, 0.15) is 10.8 Å². The fourth-order valence-electron chi connectivity index (χ4n) is 3.15. The van der Waals surface area contributed by atoms with Gasteiger partial charge in [0.25, 0.3) is 0 Å². The number of aromatic nitrogens is 1. The van der Waals surface area contributed by atoms with E-state index < -0.39 is 0 Å². The molecule has 2 fully saturated rings. The molecule has 4 heteroatoms. The van der Waals surface area contributed by atoms with Gasteiger partial charge in [-0.1, -0.05) is 30.3 Å². The minimum atomic E-state index is 0.590. The van der Waals surface area contributed by atoms with E-state index in [2.05, 4.69) is 21.8 Å². The summed E-state index contributed by atoms with van der Waals surface area (Å²) in [5, 5.41) is 4.76. The van der Waals surface area contributed by atoms with Gasteiger partial charge in [0, 0.05) is 6.54 Å². The largest absolute Gasteiger partial charge is 0.382 e. The SMILES string of the molecule is Nc1nsc(NCC2(C3CC3)CC2)c1-c1ccccc1. The summed E-state index contributed by atoms with van der Waals surface area (Å²) in [6.45, 7) is 1.08. The number of nitrogens with one attached hydrogen (secondary N) is 1.